The van der Waals surface area contributed by atoms with Crippen LogP contribution >= 0.6 is 35.6 Å². The van der Waals surface area contributed by atoms with Gasteiger partial charge in [0.15, 0.2) is 5.96 Å². The summed E-state index contributed by atoms with van der Waals surface area (Å²) in [5.74, 6) is 0.517. The van der Waals surface area contributed by atoms with E-state index >= 15 is 0 Å². The first-order valence-corrected chi connectivity index (χ1v) is 10.1. The van der Waals surface area contributed by atoms with Crippen molar-refractivity contribution in [1.82, 2.24) is 20.4 Å². The van der Waals surface area contributed by atoms with Crippen molar-refractivity contribution in [3.05, 3.63) is 34.6 Å². The van der Waals surface area contributed by atoms with Gasteiger partial charge in [0.2, 0.25) is 5.91 Å². The first kappa shape index (κ1) is 25.9. The van der Waals surface area contributed by atoms with E-state index in [4.69, 9.17) is 11.6 Å². The van der Waals surface area contributed by atoms with Crippen LogP contribution in [0, 0.1) is 11.2 Å². The molecule has 0 atom stereocenters. The van der Waals surface area contributed by atoms with Gasteiger partial charge < -0.3 is 15.5 Å². The molecular formula is C20H32ClFIN5O. The molecule has 164 valence electrons. The van der Waals surface area contributed by atoms with Crippen LogP contribution in [0.25, 0.3) is 0 Å². The van der Waals surface area contributed by atoms with Crippen molar-refractivity contribution in [2.45, 2.75) is 27.3 Å². The van der Waals surface area contributed by atoms with Crippen molar-refractivity contribution in [3.63, 3.8) is 0 Å². The number of benzene rings is 1. The van der Waals surface area contributed by atoms with Crippen LogP contribution < -0.4 is 10.6 Å². The first-order valence-electron chi connectivity index (χ1n) is 9.69. The maximum absolute atomic E-state index is 14.0. The van der Waals surface area contributed by atoms with Crippen molar-refractivity contribution in [3.8, 4) is 0 Å². The molecule has 2 N–H and O–H groups in total. The Balaban J connectivity index is 0.00000420. The molecule has 0 aliphatic carbocycles. The van der Waals surface area contributed by atoms with Gasteiger partial charge in [0, 0.05) is 56.9 Å². The number of hydrogen-bond acceptors (Lipinski definition) is 3. The normalized spacial score (nSPS) is 15.7. The van der Waals surface area contributed by atoms with Crippen LogP contribution in [0.15, 0.2) is 23.2 Å². The molecular weight excluding hydrogens is 508 g/mol. The van der Waals surface area contributed by atoms with E-state index in [-0.39, 0.29) is 35.7 Å². The summed E-state index contributed by atoms with van der Waals surface area (Å²) in [6, 6.07) is 4.79. The molecule has 1 fully saturated rings. The highest BCUT2D eigenvalue weighted by Gasteiger charge is 2.27. The van der Waals surface area contributed by atoms with Crippen LogP contribution in [0.4, 0.5) is 4.39 Å². The molecule has 9 heteroatoms. The number of nitrogens with one attached hydrogen (secondary N) is 2. The summed E-state index contributed by atoms with van der Waals surface area (Å²) in [6.45, 7) is 10.6. The van der Waals surface area contributed by atoms with E-state index < -0.39 is 5.41 Å². The van der Waals surface area contributed by atoms with Crippen molar-refractivity contribution in [2.75, 3.05) is 46.3 Å². The number of piperazine rings is 1. The maximum atomic E-state index is 14.0. The summed E-state index contributed by atoms with van der Waals surface area (Å²) >= 11 is 6.15. The number of hydrogen-bond donors (Lipinski definition) is 2. The Bertz CT molecular complexity index is 688. The van der Waals surface area contributed by atoms with Crippen molar-refractivity contribution < 1.29 is 9.18 Å². The standard InChI is InChI=1S/C20H31ClFN5O.HI/c1-5-24-19(25-14-20(2,3)18(28)23-4)27-11-9-26(10-12-27)13-15-16(21)7-6-8-17(15)22;/h6-8H,5,9-14H2,1-4H3,(H,23,28)(H,24,25);1H. The number of carbonyl (C=O) groups excluding carboxylic acids is 1. The molecule has 1 aliphatic heterocycles. The van der Waals surface area contributed by atoms with Crippen LogP contribution in [0.3, 0.4) is 0 Å². The Hall–Kier alpha value is -1.13. The summed E-state index contributed by atoms with van der Waals surface area (Å²) < 4.78 is 14.0. The molecule has 6 nitrogen and oxygen atoms in total. The largest absolute Gasteiger partial charge is 0.359 e. The van der Waals surface area contributed by atoms with Gasteiger partial charge in [-0.1, -0.05) is 17.7 Å². The third-order valence-electron chi connectivity index (χ3n) is 4.92. The van der Waals surface area contributed by atoms with Crippen LogP contribution in [0.2, 0.25) is 5.02 Å². The quantitative estimate of drug-likeness (QED) is 0.332. The molecule has 1 aliphatic rings. The molecule has 1 aromatic rings. The highest BCUT2D eigenvalue weighted by Crippen LogP contribution is 2.21. The zero-order chi connectivity index (χ0) is 20.7. The lowest BCUT2D eigenvalue weighted by molar-refractivity contribution is -0.128. The topological polar surface area (TPSA) is 60.0 Å². The molecule has 0 spiro atoms. The molecule has 1 heterocycles. The van der Waals surface area contributed by atoms with Gasteiger partial charge in [-0.05, 0) is 32.9 Å². The summed E-state index contributed by atoms with van der Waals surface area (Å²) in [4.78, 5) is 21.1. The Morgan fingerprint density at radius 2 is 1.93 bits per heavy atom. The van der Waals surface area contributed by atoms with Crippen LogP contribution in [0.1, 0.15) is 26.3 Å². The van der Waals surface area contributed by atoms with Gasteiger partial charge >= 0.3 is 0 Å². The van der Waals surface area contributed by atoms with Gasteiger partial charge in [-0.15, -0.1) is 24.0 Å². The minimum Gasteiger partial charge on any atom is -0.359 e. The monoisotopic (exact) mass is 539 g/mol. The van der Waals surface area contributed by atoms with Crippen molar-refractivity contribution >= 4 is 47.4 Å². The summed E-state index contributed by atoms with van der Waals surface area (Å²) in [6.07, 6.45) is 0. The van der Waals surface area contributed by atoms with Gasteiger partial charge in [-0.25, -0.2) is 4.39 Å². The number of amides is 1. The third-order valence-corrected chi connectivity index (χ3v) is 5.27. The summed E-state index contributed by atoms with van der Waals surface area (Å²) in [7, 11) is 1.64. The van der Waals surface area contributed by atoms with Crippen LogP contribution in [-0.2, 0) is 11.3 Å². The number of halogens is 3. The van der Waals surface area contributed by atoms with Gasteiger partial charge in [0.05, 0.1) is 12.0 Å². The predicted octanol–water partition coefficient (Wildman–Crippen LogP) is 2.95. The van der Waals surface area contributed by atoms with E-state index in [1.807, 2.05) is 20.8 Å². The Labute approximate surface area is 195 Å². The van der Waals surface area contributed by atoms with E-state index in [2.05, 4.69) is 25.4 Å². The van der Waals surface area contributed by atoms with Gasteiger partial charge in [0.1, 0.15) is 5.82 Å². The molecule has 29 heavy (non-hydrogen) atoms. The van der Waals surface area contributed by atoms with Crippen molar-refractivity contribution in [1.29, 1.82) is 0 Å². The van der Waals surface area contributed by atoms with Gasteiger partial charge in [-0.2, -0.15) is 0 Å². The molecule has 0 bridgehead atoms. The van der Waals surface area contributed by atoms with Crippen LogP contribution in [-0.4, -0.2) is 68.0 Å². The van der Waals surface area contributed by atoms with Crippen molar-refractivity contribution in [2.24, 2.45) is 10.4 Å². The number of nitrogens with zero attached hydrogens (tertiary/aromatic N) is 3. The second kappa shape index (κ2) is 11.9. The Morgan fingerprint density at radius 1 is 1.28 bits per heavy atom. The molecule has 1 saturated heterocycles. The number of rotatable bonds is 6. The van der Waals surface area contributed by atoms with E-state index in [0.717, 1.165) is 38.7 Å². The second-order valence-corrected chi connectivity index (χ2v) is 8.00. The highest BCUT2D eigenvalue weighted by atomic mass is 127. The van der Waals surface area contributed by atoms with Gasteiger partial charge in [-0.3, -0.25) is 14.7 Å². The average molecular weight is 540 g/mol. The molecule has 0 aromatic heterocycles. The third kappa shape index (κ3) is 7.25. The Kier molecular flexibility index (Phi) is 10.6. The first-order chi connectivity index (χ1) is 13.3. The summed E-state index contributed by atoms with van der Waals surface area (Å²) in [5.41, 5.74) is -0.0238. The zero-order valence-electron chi connectivity index (χ0n) is 17.6. The molecule has 1 aromatic carbocycles. The highest BCUT2D eigenvalue weighted by molar-refractivity contribution is 14.0. The fraction of sp³-hybridized carbons (Fsp3) is 0.600. The van der Waals surface area contributed by atoms with E-state index in [1.54, 1.807) is 19.2 Å². The van der Waals surface area contributed by atoms with E-state index in [9.17, 15) is 9.18 Å². The molecule has 1 amide bonds. The minimum absolute atomic E-state index is 0. The second-order valence-electron chi connectivity index (χ2n) is 7.60. The smallest absolute Gasteiger partial charge is 0.227 e. The molecule has 2 rings (SSSR count). The lowest BCUT2D eigenvalue weighted by Crippen LogP contribution is -2.52. The van der Waals surface area contributed by atoms with Crippen LogP contribution in [0.5, 0.6) is 0 Å². The van der Waals surface area contributed by atoms with E-state index in [1.165, 1.54) is 6.07 Å². The molecule has 0 radical (unpaired) electrons. The van der Waals surface area contributed by atoms with E-state index in [0.29, 0.717) is 23.7 Å². The fourth-order valence-electron chi connectivity index (χ4n) is 3.13. The Morgan fingerprint density at radius 3 is 2.48 bits per heavy atom. The van der Waals surface area contributed by atoms with Gasteiger partial charge in [0.25, 0.3) is 0 Å². The lowest BCUT2D eigenvalue weighted by Gasteiger charge is -2.37. The number of aliphatic imine (C=N–C) groups is 1. The fourth-order valence-corrected chi connectivity index (χ4v) is 3.36. The molecule has 0 saturated carbocycles. The number of guanidine groups is 1. The lowest BCUT2D eigenvalue weighted by atomic mass is 9.93. The zero-order valence-corrected chi connectivity index (χ0v) is 20.7. The summed E-state index contributed by atoms with van der Waals surface area (Å²) in [5, 5.41) is 6.46. The number of carbonyl (C=O) groups is 1. The maximum Gasteiger partial charge on any atom is 0.227 e. The SMILES string of the molecule is CCNC(=NCC(C)(C)C(=O)NC)N1CCN(Cc2c(F)cccc2Cl)CC1.I. The average Bonchev–Trinajstić information content (AvgIpc) is 2.68. The molecule has 0 unspecified atom stereocenters. The predicted molar refractivity (Wildman–Crippen MR) is 128 cm³/mol. The minimum atomic E-state index is -0.571.